The zero-order valence-corrected chi connectivity index (χ0v) is 36.8. The lowest BCUT2D eigenvalue weighted by Gasteiger charge is -2.45. The Morgan fingerprint density at radius 2 is 1.48 bits per heavy atom. The lowest BCUT2D eigenvalue weighted by atomic mass is 10.1. The number of ether oxygens (including phenoxy) is 2. The Morgan fingerprint density at radius 3 is 2.00 bits per heavy atom. The number of nitrogens with one attached hydrogen (secondary N) is 2. The van der Waals surface area contributed by atoms with Gasteiger partial charge in [0.25, 0.3) is 19.8 Å². The summed E-state index contributed by atoms with van der Waals surface area (Å²) in [5.74, 6) is -0.396. The van der Waals surface area contributed by atoms with E-state index >= 15 is 0 Å². The Bertz CT molecular complexity index is 2290. The van der Waals surface area contributed by atoms with Crippen molar-refractivity contribution in [2.45, 2.75) is 88.5 Å². The first kappa shape index (κ1) is 43.3. The Balaban J connectivity index is 1.45. The molecule has 1 aliphatic heterocycles. The molecule has 4 atom stereocenters. The van der Waals surface area contributed by atoms with Crippen LogP contribution in [0.5, 0.6) is 5.75 Å². The van der Waals surface area contributed by atoms with E-state index < -0.39 is 76.2 Å². The maximum absolute atomic E-state index is 13.8. The van der Waals surface area contributed by atoms with Crippen molar-refractivity contribution in [2.24, 2.45) is 0 Å². The molecule has 6 rings (SSSR count). The highest BCUT2D eigenvalue weighted by atomic mass is 31.2. The van der Waals surface area contributed by atoms with Gasteiger partial charge >= 0.3 is 7.60 Å². The molecule has 5 N–H and O–H groups in total. The van der Waals surface area contributed by atoms with Crippen molar-refractivity contribution in [1.82, 2.24) is 19.5 Å². The van der Waals surface area contributed by atoms with E-state index in [1.165, 1.54) is 10.9 Å². The number of aromatic amines is 1. The lowest BCUT2D eigenvalue weighted by molar-refractivity contribution is -0.118. The van der Waals surface area contributed by atoms with Crippen LogP contribution in [0.1, 0.15) is 47.8 Å². The van der Waals surface area contributed by atoms with Crippen LogP contribution >= 0.6 is 7.60 Å². The van der Waals surface area contributed by atoms with Crippen LogP contribution in [0.25, 0.3) is 11.2 Å². The number of aliphatic hydroxyl groups is 1. The average molecular weight is 850 g/mol. The average Bonchev–Trinajstić information content (AvgIpc) is 3.70. The Hall–Kier alpha value is -4.30. The fraction of sp³-hybridized carbons (Fsp3) is 0.400. The van der Waals surface area contributed by atoms with Gasteiger partial charge in [0.05, 0.1) is 12.9 Å². The summed E-state index contributed by atoms with van der Waals surface area (Å²) in [6.45, 7) is 15.0. The molecule has 0 aliphatic carbocycles. The van der Waals surface area contributed by atoms with Gasteiger partial charge < -0.3 is 33.2 Å². The minimum Gasteiger partial charge on any atom is -0.484 e. The number of anilines is 1. The van der Waals surface area contributed by atoms with Crippen LogP contribution in [0.15, 0.2) is 102 Å². The number of nitrogens with zero attached hydrogens (tertiary/aromatic N) is 3. The molecule has 3 heterocycles. The number of H-pyrrole nitrogens is 1. The summed E-state index contributed by atoms with van der Waals surface area (Å²) in [4.78, 5) is 59.9. The number of hydrogen-bond acceptors (Lipinski definition) is 10. The molecule has 1 aliphatic rings. The highest BCUT2D eigenvalue weighted by Gasteiger charge is 2.69. The quantitative estimate of drug-likeness (QED) is 0.0795. The summed E-state index contributed by atoms with van der Waals surface area (Å²) >= 11 is 0. The van der Waals surface area contributed by atoms with Crippen molar-refractivity contribution in [2.75, 3.05) is 18.5 Å². The number of hydrogen-bond donors (Lipinski definition) is 5. The van der Waals surface area contributed by atoms with Crippen molar-refractivity contribution >= 4 is 57.6 Å². The maximum Gasteiger partial charge on any atom is 0.362 e. The summed E-state index contributed by atoms with van der Waals surface area (Å²) in [5, 5.41) is 13.1. The van der Waals surface area contributed by atoms with Crippen LogP contribution in [0.3, 0.4) is 0 Å². The first-order chi connectivity index (χ1) is 27.1. The Kier molecular flexibility index (Phi) is 12.0. The van der Waals surface area contributed by atoms with E-state index in [0.717, 1.165) is 10.4 Å². The van der Waals surface area contributed by atoms with E-state index in [-0.39, 0.29) is 23.7 Å². The molecule has 3 aromatic carbocycles. The van der Waals surface area contributed by atoms with Gasteiger partial charge in [-0.05, 0) is 45.7 Å². The number of carbonyl (C=O) groups excluding carboxylic acids is 1. The largest absolute Gasteiger partial charge is 0.484 e. The summed E-state index contributed by atoms with van der Waals surface area (Å²) in [6.07, 6.45) is -3.63. The standard InChI is InChI=1S/C40H52N5O10PSi2/c1-38(2,3)57(7,8)55-33-36(45-26-41-32-34(45)43-37(44-35(32)47)42-31(46)25-52-27-18-12-9-13-19-27)54-30(40(33,48)56(49,50)51)24-53-58(39(4,5)6,28-20-14-10-15-21-28)29-22-16-11-17-23-29/h9-23,26,30,33,36,48H,24-25H2,1-8H3,(H2,49,50,51)(H2,42,43,44,46,47)/t30-,33+,36-,40+/m1/s1. The van der Waals surface area contributed by atoms with E-state index in [1.54, 1.807) is 24.3 Å². The molecule has 58 heavy (non-hydrogen) atoms. The molecule has 1 fully saturated rings. The number of benzene rings is 3. The van der Waals surface area contributed by atoms with Gasteiger partial charge in [0, 0.05) is 0 Å². The van der Waals surface area contributed by atoms with Gasteiger partial charge in [-0.1, -0.05) is 120 Å². The zero-order chi connectivity index (χ0) is 42.3. The molecule has 0 bridgehead atoms. The van der Waals surface area contributed by atoms with Crippen LogP contribution in [-0.2, 0) is 22.9 Å². The number of fused-ring (bicyclic) bond motifs is 1. The topological polar surface area (TPSA) is 207 Å². The van der Waals surface area contributed by atoms with Gasteiger partial charge in [-0.25, -0.2) is 4.98 Å². The van der Waals surface area contributed by atoms with Gasteiger partial charge in [0.1, 0.15) is 18.0 Å². The van der Waals surface area contributed by atoms with Crippen LogP contribution in [-0.4, -0.2) is 87.7 Å². The van der Waals surface area contributed by atoms with Gasteiger partial charge in [-0.2, -0.15) is 4.98 Å². The third-order valence-electron chi connectivity index (χ3n) is 11.1. The lowest BCUT2D eigenvalue weighted by Crippen LogP contribution is -2.67. The van der Waals surface area contributed by atoms with E-state index in [4.69, 9.17) is 18.3 Å². The van der Waals surface area contributed by atoms with E-state index in [2.05, 4.69) is 41.0 Å². The highest BCUT2D eigenvalue weighted by Crippen LogP contribution is 2.61. The fourth-order valence-corrected chi connectivity index (χ4v) is 14.0. The molecule has 15 nitrogen and oxygen atoms in total. The van der Waals surface area contributed by atoms with Crippen molar-refractivity contribution in [3.8, 4) is 5.75 Å². The third-order valence-corrected chi connectivity index (χ3v) is 22.0. The SMILES string of the molecule is CC(C)(C)[Si](C)(C)O[C@H]1[C@H](n2cnc3c(=O)[nH]c(NC(=O)COc4ccccc4)nc32)O[C@H](CO[Si](c2ccccc2)(c2ccccc2)C(C)(C)C)[C@]1(O)P(=O)(O)O. The highest BCUT2D eigenvalue weighted by molar-refractivity contribution is 7.53. The predicted octanol–water partition coefficient (Wildman–Crippen LogP) is 4.87. The molecular formula is C40H52N5O10PSi2. The van der Waals surface area contributed by atoms with E-state index in [1.807, 2.05) is 101 Å². The molecule has 310 valence electrons. The summed E-state index contributed by atoms with van der Waals surface area (Å²) in [5.41, 5.74) is -0.960. The number of amides is 1. The summed E-state index contributed by atoms with van der Waals surface area (Å²) in [6, 6.07) is 28.1. The maximum atomic E-state index is 13.8. The van der Waals surface area contributed by atoms with Crippen molar-refractivity contribution in [3.05, 3.63) is 108 Å². The Labute approximate surface area is 339 Å². The first-order valence-electron chi connectivity index (χ1n) is 18.9. The van der Waals surface area contributed by atoms with E-state index in [0.29, 0.717) is 5.75 Å². The zero-order valence-electron chi connectivity index (χ0n) is 33.9. The second-order valence-corrected chi connectivity index (χ2v) is 27.9. The predicted molar refractivity (Wildman–Crippen MR) is 225 cm³/mol. The van der Waals surface area contributed by atoms with Gasteiger partial charge in [0.15, 0.2) is 32.3 Å². The number of para-hydroxylation sites is 1. The molecule has 2 aromatic heterocycles. The Morgan fingerprint density at radius 1 is 0.931 bits per heavy atom. The monoisotopic (exact) mass is 849 g/mol. The van der Waals surface area contributed by atoms with Crippen molar-refractivity contribution in [1.29, 1.82) is 0 Å². The molecule has 0 radical (unpaired) electrons. The molecule has 0 unspecified atom stereocenters. The van der Waals surface area contributed by atoms with Gasteiger partial charge in [-0.15, -0.1) is 0 Å². The van der Waals surface area contributed by atoms with Gasteiger partial charge in [0.2, 0.25) is 11.3 Å². The normalized spacial score (nSPS) is 20.6. The second kappa shape index (κ2) is 16.0. The second-order valence-electron chi connectivity index (χ2n) is 17.0. The van der Waals surface area contributed by atoms with Crippen LogP contribution < -0.4 is 26.0 Å². The number of carbonyl (C=O) groups is 1. The first-order valence-corrected chi connectivity index (χ1v) is 25.3. The summed E-state index contributed by atoms with van der Waals surface area (Å²) in [7, 11) is -11.8. The van der Waals surface area contributed by atoms with Crippen molar-refractivity contribution < 1.29 is 42.6 Å². The molecule has 18 heteroatoms. The molecule has 0 spiro atoms. The minimum absolute atomic E-state index is 0.0986. The third kappa shape index (κ3) is 8.15. The van der Waals surface area contributed by atoms with Gasteiger partial charge in [-0.3, -0.25) is 29.0 Å². The molecule has 5 aromatic rings. The number of imidazole rings is 1. The molecular weight excluding hydrogens is 798 g/mol. The van der Waals surface area contributed by atoms with Crippen LogP contribution in [0.2, 0.25) is 23.2 Å². The van der Waals surface area contributed by atoms with Crippen molar-refractivity contribution in [3.63, 3.8) is 0 Å². The molecule has 1 amide bonds. The fourth-order valence-electron chi connectivity index (χ4n) is 7.07. The van der Waals surface area contributed by atoms with E-state index in [9.17, 15) is 29.0 Å². The smallest absolute Gasteiger partial charge is 0.362 e. The van der Waals surface area contributed by atoms with Crippen LogP contribution in [0, 0.1) is 0 Å². The molecule has 1 saturated heterocycles. The van der Waals surface area contributed by atoms with Crippen LogP contribution in [0.4, 0.5) is 5.95 Å². The summed E-state index contributed by atoms with van der Waals surface area (Å²) < 4.78 is 41.1. The molecule has 0 saturated carbocycles. The minimum atomic E-state index is -5.54. The number of rotatable bonds is 13. The number of aromatic nitrogens is 4.